The zero-order valence-corrected chi connectivity index (χ0v) is 18.6. The Morgan fingerprint density at radius 3 is 2.55 bits per heavy atom. The van der Waals surface area contributed by atoms with Crippen LogP contribution in [0.5, 0.6) is 0 Å². The van der Waals surface area contributed by atoms with Crippen LogP contribution >= 0.6 is 11.6 Å². The average Bonchev–Trinajstić information content (AvgIpc) is 2.99. The number of aryl methyl sites for hydroxylation is 1. The number of hydrogen-bond donors (Lipinski definition) is 2. The smallest absolute Gasteiger partial charge is 0.256 e. The SMILES string of the molecule is COCC[C@H]1CC[C@@]2(CC1)NC(=O)C(c1cc(-c3ccc(Cl)c(F)c3)ccc1C)=C2O. The van der Waals surface area contributed by atoms with Gasteiger partial charge >= 0.3 is 0 Å². The number of nitrogens with one attached hydrogen (secondary N) is 1. The monoisotopic (exact) mass is 443 g/mol. The fraction of sp³-hybridized carbons (Fsp3) is 0.400. The van der Waals surface area contributed by atoms with Gasteiger partial charge in [-0.2, -0.15) is 0 Å². The first-order valence-electron chi connectivity index (χ1n) is 10.7. The van der Waals surface area contributed by atoms with E-state index in [2.05, 4.69) is 5.32 Å². The molecule has 1 spiro atoms. The van der Waals surface area contributed by atoms with Crippen molar-refractivity contribution in [3.05, 3.63) is 64.1 Å². The molecule has 0 aromatic heterocycles. The van der Waals surface area contributed by atoms with Crippen LogP contribution in [-0.2, 0) is 9.53 Å². The lowest BCUT2D eigenvalue weighted by atomic mass is 9.74. The van der Waals surface area contributed by atoms with E-state index in [1.165, 1.54) is 12.1 Å². The fourth-order valence-corrected chi connectivity index (χ4v) is 4.91. The van der Waals surface area contributed by atoms with Crippen LogP contribution in [0.15, 0.2) is 42.2 Å². The van der Waals surface area contributed by atoms with Gasteiger partial charge < -0.3 is 15.2 Å². The molecule has 4 rings (SSSR count). The summed E-state index contributed by atoms with van der Waals surface area (Å²) in [6.45, 7) is 2.64. The molecule has 1 fully saturated rings. The van der Waals surface area contributed by atoms with Crippen molar-refractivity contribution in [1.82, 2.24) is 5.32 Å². The van der Waals surface area contributed by atoms with Gasteiger partial charge in [-0.15, -0.1) is 0 Å². The highest BCUT2D eigenvalue weighted by Crippen LogP contribution is 2.44. The molecular weight excluding hydrogens is 417 g/mol. The maximum absolute atomic E-state index is 14.0. The van der Waals surface area contributed by atoms with Crippen LogP contribution in [0.2, 0.25) is 5.02 Å². The highest BCUT2D eigenvalue weighted by atomic mass is 35.5. The molecule has 0 atom stereocenters. The lowest BCUT2D eigenvalue weighted by molar-refractivity contribution is -0.116. The van der Waals surface area contributed by atoms with E-state index in [0.717, 1.165) is 37.0 Å². The van der Waals surface area contributed by atoms with Gasteiger partial charge in [0.1, 0.15) is 11.6 Å². The summed E-state index contributed by atoms with van der Waals surface area (Å²) < 4.78 is 19.2. The quantitative estimate of drug-likeness (QED) is 0.612. The van der Waals surface area contributed by atoms with Crippen LogP contribution in [-0.4, -0.2) is 30.3 Å². The Morgan fingerprint density at radius 1 is 1.19 bits per heavy atom. The Morgan fingerprint density at radius 2 is 1.87 bits per heavy atom. The third-order valence-electron chi connectivity index (χ3n) is 6.72. The summed E-state index contributed by atoms with van der Waals surface area (Å²) in [6, 6.07) is 10.2. The van der Waals surface area contributed by atoms with Gasteiger partial charge in [0.05, 0.1) is 16.1 Å². The largest absolute Gasteiger partial charge is 0.509 e. The van der Waals surface area contributed by atoms with Gasteiger partial charge in [0.2, 0.25) is 0 Å². The lowest BCUT2D eigenvalue weighted by Crippen LogP contribution is -2.47. The van der Waals surface area contributed by atoms with E-state index < -0.39 is 11.4 Å². The first kappa shape index (κ1) is 21.8. The summed E-state index contributed by atoms with van der Waals surface area (Å²) in [5.41, 5.74) is 2.60. The highest BCUT2D eigenvalue weighted by molar-refractivity contribution is 6.30. The van der Waals surface area contributed by atoms with E-state index >= 15 is 0 Å². The molecule has 0 radical (unpaired) electrons. The van der Waals surface area contributed by atoms with Crippen LogP contribution in [0.3, 0.4) is 0 Å². The highest BCUT2D eigenvalue weighted by Gasteiger charge is 2.47. The molecule has 0 unspecified atom stereocenters. The number of carbonyl (C=O) groups is 1. The second-order valence-electron chi connectivity index (χ2n) is 8.64. The number of hydrogen-bond acceptors (Lipinski definition) is 3. The second kappa shape index (κ2) is 8.64. The fourth-order valence-electron chi connectivity index (χ4n) is 4.79. The van der Waals surface area contributed by atoms with Gasteiger partial charge in [-0.05, 0) is 85.4 Å². The van der Waals surface area contributed by atoms with Crippen LogP contribution in [0.1, 0.15) is 43.2 Å². The minimum atomic E-state index is -0.690. The number of carbonyl (C=O) groups excluding carboxylic acids is 1. The normalized spacial score (nSPS) is 23.5. The minimum Gasteiger partial charge on any atom is -0.509 e. The molecule has 0 saturated heterocycles. The Bertz CT molecular complexity index is 1040. The summed E-state index contributed by atoms with van der Waals surface area (Å²) >= 11 is 5.81. The van der Waals surface area contributed by atoms with Crippen molar-refractivity contribution in [1.29, 1.82) is 0 Å². The van der Waals surface area contributed by atoms with E-state index in [1.807, 2.05) is 25.1 Å². The van der Waals surface area contributed by atoms with Gasteiger partial charge in [-0.3, -0.25) is 4.79 Å². The van der Waals surface area contributed by atoms with Gasteiger partial charge in [0.25, 0.3) is 5.91 Å². The van der Waals surface area contributed by atoms with Crippen LogP contribution in [0, 0.1) is 18.7 Å². The van der Waals surface area contributed by atoms with Crippen molar-refractivity contribution in [3.8, 4) is 11.1 Å². The molecule has 2 N–H and O–H groups in total. The molecule has 31 heavy (non-hydrogen) atoms. The molecular formula is C25H27ClFNO3. The van der Waals surface area contributed by atoms with E-state index in [0.29, 0.717) is 35.5 Å². The summed E-state index contributed by atoms with van der Waals surface area (Å²) in [4.78, 5) is 13.0. The number of benzene rings is 2. The maximum atomic E-state index is 14.0. The summed E-state index contributed by atoms with van der Waals surface area (Å²) in [5, 5.41) is 14.4. The third-order valence-corrected chi connectivity index (χ3v) is 7.03. The summed E-state index contributed by atoms with van der Waals surface area (Å²) in [5.74, 6) is -0.0732. The Kier molecular flexibility index (Phi) is 6.09. The molecule has 1 aliphatic heterocycles. The Hall–Kier alpha value is -2.37. The van der Waals surface area contributed by atoms with Crippen molar-refractivity contribution < 1.29 is 19.0 Å². The molecule has 0 bridgehead atoms. The molecule has 164 valence electrons. The average molecular weight is 444 g/mol. The molecule has 1 aliphatic carbocycles. The number of rotatable bonds is 5. The van der Waals surface area contributed by atoms with E-state index in [-0.39, 0.29) is 16.7 Å². The zero-order chi connectivity index (χ0) is 22.2. The molecule has 2 aromatic rings. The van der Waals surface area contributed by atoms with E-state index in [1.54, 1.807) is 13.2 Å². The Labute approximate surface area is 187 Å². The number of methoxy groups -OCH3 is 1. The van der Waals surface area contributed by atoms with E-state index in [4.69, 9.17) is 16.3 Å². The number of halogens is 2. The first-order chi connectivity index (χ1) is 14.8. The number of ether oxygens (including phenoxy) is 1. The predicted octanol–water partition coefficient (Wildman–Crippen LogP) is 5.82. The molecule has 1 heterocycles. The van der Waals surface area contributed by atoms with Crippen molar-refractivity contribution >= 4 is 23.1 Å². The Balaban J connectivity index is 1.67. The summed E-state index contributed by atoms with van der Waals surface area (Å²) in [7, 11) is 1.71. The van der Waals surface area contributed by atoms with Crippen LogP contribution in [0.25, 0.3) is 16.7 Å². The first-order valence-corrected chi connectivity index (χ1v) is 11.0. The second-order valence-corrected chi connectivity index (χ2v) is 9.05. The molecule has 6 heteroatoms. The molecule has 4 nitrogen and oxygen atoms in total. The number of amides is 1. The van der Waals surface area contributed by atoms with Crippen molar-refractivity contribution in [2.45, 2.75) is 44.6 Å². The maximum Gasteiger partial charge on any atom is 0.256 e. The summed E-state index contributed by atoms with van der Waals surface area (Å²) in [6.07, 6.45) is 4.29. The standard InChI is InChI=1S/C25H27ClFNO3/c1-15-3-4-17(18-5-6-20(26)21(27)14-18)13-19(15)22-23(29)25(28-24(22)30)10-7-16(8-11-25)9-12-31-2/h3-6,13-14,16,29H,7-12H2,1-2H3,(H,28,30)/t16-,25-. The van der Waals surface area contributed by atoms with Gasteiger partial charge in [-0.1, -0.05) is 29.8 Å². The lowest BCUT2D eigenvalue weighted by Gasteiger charge is -2.37. The van der Waals surface area contributed by atoms with E-state index in [9.17, 15) is 14.3 Å². The number of aliphatic hydroxyl groups is 1. The predicted molar refractivity (Wildman–Crippen MR) is 120 cm³/mol. The molecule has 2 aromatic carbocycles. The van der Waals surface area contributed by atoms with Crippen LogP contribution < -0.4 is 5.32 Å². The van der Waals surface area contributed by atoms with Gasteiger partial charge in [0, 0.05) is 13.7 Å². The topological polar surface area (TPSA) is 58.6 Å². The van der Waals surface area contributed by atoms with Crippen molar-refractivity contribution in [3.63, 3.8) is 0 Å². The van der Waals surface area contributed by atoms with Crippen molar-refractivity contribution in [2.75, 3.05) is 13.7 Å². The minimum absolute atomic E-state index is 0.0645. The molecule has 1 amide bonds. The van der Waals surface area contributed by atoms with Gasteiger partial charge in [0.15, 0.2) is 0 Å². The third kappa shape index (κ3) is 4.09. The van der Waals surface area contributed by atoms with Crippen LogP contribution in [0.4, 0.5) is 4.39 Å². The zero-order valence-electron chi connectivity index (χ0n) is 17.8. The number of aliphatic hydroxyl groups excluding tert-OH is 1. The molecule has 2 aliphatic rings. The molecule has 1 saturated carbocycles. The van der Waals surface area contributed by atoms with Crippen molar-refractivity contribution in [2.24, 2.45) is 5.92 Å². The van der Waals surface area contributed by atoms with Gasteiger partial charge in [-0.25, -0.2) is 4.39 Å².